The van der Waals surface area contributed by atoms with Crippen LogP contribution in [0.5, 0.6) is 0 Å². The molecule has 1 atom stereocenters. The quantitative estimate of drug-likeness (QED) is 0.707. The van der Waals surface area contributed by atoms with Gasteiger partial charge in [-0.25, -0.2) is 0 Å². The number of nitrogens with zero attached hydrogens (tertiary/aromatic N) is 3. The van der Waals surface area contributed by atoms with Crippen molar-refractivity contribution in [2.45, 2.75) is 31.8 Å². The van der Waals surface area contributed by atoms with E-state index >= 15 is 0 Å². The Hall–Kier alpha value is -0.900. The fourth-order valence-electron chi connectivity index (χ4n) is 1.65. The smallest absolute Gasteiger partial charge is 0.119 e. The van der Waals surface area contributed by atoms with Gasteiger partial charge in [0, 0.05) is 12.6 Å². The van der Waals surface area contributed by atoms with Gasteiger partial charge in [-0.2, -0.15) is 0 Å². The highest BCUT2D eigenvalue weighted by Gasteiger charge is 2.12. The molecule has 0 spiro atoms. The summed E-state index contributed by atoms with van der Waals surface area (Å²) in [6.07, 6.45) is 7.39. The van der Waals surface area contributed by atoms with Crippen molar-refractivity contribution >= 4 is 0 Å². The van der Waals surface area contributed by atoms with Gasteiger partial charge >= 0.3 is 0 Å². The van der Waals surface area contributed by atoms with Crippen molar-refractivity contribution in [2.75, 3.05) is 6.54 Å². The van der Waals surface area contributed by atoms with Crippen molar-refractivity contribution < 1.29 is 0 Å². The summed E-state index contributed by atoms with van der Waals surface area (Å²) < 4.78 is 2.03. The number of hydrogen-bond donors (Lipinski definition) is 1. The molecule has 1 aromatic rings. The average Bonchev–Trinajstić information content (AvgIpc) is 2.74. The SMILES string of the molecule is c1nncn1CCC1CCCN1. The summed E-state index contributed by atoms with van der Waals surface area (Å²) in [5.74, 6) is 0. The van der Waals surface area contributed by atoms with Crippen LogP contribution in [0.1, 0.15) is 19.3 Å². The minimum Gasteiger partial charge on any atom is -0.320 e. The average molecular weight is 166 g/mol. The lowest BCUT2D eigenvalue weighted by Gasteiger charge is -2.08. The molecule has 66 valence electrons. The topological polar surface area (TPSA) is 42.7 Å². The van der Waals surface area contributed by atoms with Gasteiger partial charge in [0.05, 0.1) is 0 Å². The highest BCUT2D eigenvalue weighted by Crippen LogP contribution is 2.09. The second-order valence-corrected chi connectivity index (χ2v) is 3.28. The second-order valence-electron chi connectivity index (χ2n) is 3.28. The zero-order valence-electron chi connectivity index (χ0n) is 7.11. The highest BCUT2D eigenvalue weighted by molar-refractivity contribution is 4.74. The molecule has 1 aliphatic heterocycles. The number of rotatable bonds is 3. The maximum absolute atomic E-state index is 3.76. The summed E-state index contributed by atoms with van der Waals surface area (Å²) in [7, 11) is 0. The lowest BCUT2D eigenvalue weighted by atomic mass is 10.1. The van der Waals surface area contributed by atoms with Crippen LogP contribution in [-0.4, -0.2) is 27.4 Å². The molecule has 4 heteroatoms. The van der Waals surface area contributed by atoms with Crippen LogP contribution in [-0.2, 0) is 6.54 Å². The van der Waals surface area contributed by atoms with Crippen molar-refractivity contribution in [1.82, 2.24) is 20.1 Å². The Morgan fingerprint density at radius 1 is 1.42 bits per heavy atom. The Morgan fingerprint density at radius 3 is 2.92 bits per heavy atom. The lowest BCUT2D eigenvalue weighted by Crippen LogP contribution is -2.22. The van der Waals surface area contributed by atoms with Crippen LogP contribution in [0.15, 0.2) is 12.7 Å². The summed E-state index contributed by atoms with van der Waals surface area (Å²) in [6.45, 7) is 2.22. The Morgan fingerprint density at radius 2 is 2.25 bits per heavy atom. The van der Waals surface area contributed by atoms with E-state index in [-0.39, 0.29) is 0 Å². The minimum atomic E-state index is 0.715. The Labute approximate surface area is 72.0 Å². The molecular formula is C8H14N4. The van der Waals surface area contributed by atoms with Gasteiger partial charge in [-0.3, -0.25) is 0 Å². The first kappa shape index (κ1) is 7.73. The van der Waals surface area contributed by atoms with Crippen LogP contribution in [0.2, 0.25) is 0 Å². The third-order valence-electron chi connectivity index (χ3n) is 2.36. The van der Waals surface area contributed by atoms with Gasteiger partial charge in [0.1, 0.15) is 12.7 Å². The molecule has 2 rings (SSSR count). The van der Waals surface area contributed by atoms with Crippen LogP contribution in [0.3, 0.4) is 0 Å². The fraction of sp³-hybridized carbons (Fsp3) is 0.750. The lowest BCUT2D eigenvalue weighted by molar-refractivity contribution is 0.504. The van der Waals surface area contributed by atoms with Gasteiger partial charge in [-0.15, -0.1) is 10.2 Å². The summed E-state index contributed by atoms with van der Waals surface area (Å²) in [6, 6.07) is 0.715. The summed E-state index contributed by atoms with van der Waals surface area (Å²) in [5, 5.41) is 11.0. The number of nitrogens with one attached hydrogen (secondary N) is 1. The van der Waals surface area contributed by atoms with Crippen molar-refractivity contribution in [3.05, 3.63) is 12.7 Å². The zero-order chi connectivity index (χ0) is 8.23. The number of hydrogen-bond acceptors (Lipinski definition) is 3. The Bertz CT molecular complexity index is 213. The molecule has 1 N–H and O–H groups in total. The standard InChI is InChI=1S/C8H14N4/c1-2-8(9-4-1)3-5-12-6-10-11-7-12/h6-9H,1-5H2. The third-order valence-corrected chi connectivity index (χ3v) is 2.36. The molecule has 0 aliphatic carbocycles. The van der Waals surface area contributed by atoms with E-state index in [0.29, 0.717) is 6.04 Å². The molecule has 12 heavy (non-hydrogen) atoms. The molecule has 1 unspecified atom stereocenters. The highest BCUT2D eigenvalue weighted by atomic mass is 15.2. The van der Waals surface area contributed by atoms with E-state index in [1.54, 1.807) is 12.7 Å². The van der Waals surface area contributed by atoms with E-state index < -0.39 is 0 Å². The zero-order valence-corrected chi connectivity index (χ0v) is 7.11. The van der Waals surface area contributed by atoms with Crippen molar-refractivity contribution in [1.29, 1.82) is 0 Å². The van der Waals surface area contributed by atoms with E-state index in [4.69, 9.17) is 0 Å². The van der Waals surface area contributed by atoms with E-state index in [2.05, 4.69) is 15.5 Å². The minimum absolute atomic E-state index is 0.715. The van der Waals surface area contributed by atoms with Gasteiger partial charge in [0.25, 0.3) is 0 Å². The van der Waals surface area contributed by atoms with E-state index in [9.17, 15) is 0 Å². The Kier molecular flexibility index (Phi) is 2.36. The molecule has 1 fully saturated rings. The molecule has 0 radical (unpaired) electrons. The maximum atomic E-state index is 3.76. The predicted molar refractivity (Wildman–Crippen MR) is 45.7 cm³/mol. The van der Waals surface area contributed by atoms with Crippen LogP contribution >= 0.6 is 0 Å². The molecule has 4 nitrogen and oxygen atoms in total. The van der Waals surface area contributed by atoms with Crippen LogP contribution in [0, 0.1) is 0 Å². The maximum Gasteiger partial charge on any atom is 0.119 e. The van der Waals surface area contributed by atoms with Crippen molar-refractivity contribution in [3.8, 4) is 0 Å². The molecular weight excluding hydrogens is 152 g/mol. The number of aromatic nitrogens is 3. The van der Waals surface area contributed by atoms with Gasteiger partial charge in [0.2, 0.25) is 0 Å². The molecule has 0 saturated carbocycles. The first-order valence-electron chi connectivity index (χ1n) is 4.51. The largest absolute Gasteiger partial charge is 0.320 e. The Balaban J connectivity index is 1.74. The number of aryl methyl sites for hydroxylation is 1. The monoisotopic (exact) mass is 166 g/mol. The molecule has 2 heterocycles. The van der Waals surface area contributed by atoms with Crippen molar-refractivity contribution in [3.63, 3.8) is 0 Å². The summed E-state index contributed by atoms with van der Waals surface area (Å²) in [5.41, 5.74) is 0. The van der Waals surface area contributed by atoms with Gasteiger partial charge < -0.3 is 9.88 Å². The van der Waals surface area contributed by atoms with E-state index in [1.807, 2.05) is 4.57 Å². The van der Waals surface area contributed by atoms with Gasteiger partial charge in [0.15, 0.2) is 0 Å². The fourth-order valence-corrected chi connectivity index (χ4v) is 1.65. The molecule has 1 aliphatic rings. The normalized spacial score (nSPS) is 23.2. The van der Waals surface area contributed by atoms with Gasteiger partial charge in [-0.05, 0) is 25.8 Å². The van der Waals surface area contributed by atoms with Gasteiger partial charge in [-0.1, -0.05) is 0 Å². The third kappa shape index (κ3) is 1.82. The summed E-state index contributed by atoms with van der Waals surface area (Å²) >= 11 is 0. The molecule has 0 amide bonds. The first-order valence-corrected chi connectivity index (χ1v) is 4.51. The molecule has 1 aromatic heterocycles. The van der Waals surface area contributed by atoms with Crippen LogP contribution in [0.25, 0.3) is 0 Å². The predicted octanol–water partition coefficient (Wildman–Crippen LogP) is 0.420. The van der Waals surface area contributed by atoms with Crippen LogP contribution < -0.4 is 5.32 Å². The van der Waals surface area contributed by atoms with Crippen molar-refractivity contribution in [2.24, 2.45) is 0 Å². The first-order chi connectivity index (χ1) is 5.95. The van der Waals surface area contributed by atoms with E-state index in [0.717, 1.165) is 6.54 Å². The van der Waals surface area contributed by atoms with Crippen LogP contribution in [0.4, 0.5) is 0 Å². The van der Waals surface area contributed by atoms with E-state index in [1.165, 1.54) is 25.8 Å². The molecule has 0 bridgehead atoms. The second kappa shape index (κ2) is 3.67. The molecule has 0 aromatic carbocycles. The summed E-state index contributed by atoms with van der Waals surface area (Å²) in [4.78, 5) is 0. The molecule has 1 saturated heterocycles.